The minimum absolute atomic E-state index is 0.767. The molecule has 0 spiro atoms. The molecule has 1 aliphatic heterocycles. The van der Waals surface area contributed by atoms with E-state index >= 15 is 0 Å². The van der Waals surface area contributed by atoms with Gasteiger partial charge in [0.2, 0.25) is 0 Å². The van der Waals surface area contributed by atoms with Gasteiger partial charge in [0.15, 0.2) is 0 Å². The van der Waals surface area contributed by atoms with Crippen LogP contribution in [-0.4, -0.2) is 0 Å². The van der Waals surface area contributed by atoms with Crippen molar-refractivity contribution in [1.82, 2.24) is 0 Å². The Bertz CT molecular complexity index is 906. The fraction of sp³-hybridized carbons (Fsp3) is 0. The van der Waals surface area contributed by atoms with Crippen LogP contribution >= 0.6 is 23.4 Å². The first-order valence-corrected chi connectivity index (χ1v) is 7.28. The van der Waals surface area contributed by atoms with Gasteiger partial charge in [-0.05, 0) is 57.8 Å². The first-order chi connectivity index (χ1) is 9.34. The highest BCUT2D eigenvalue weighted by Gasteiger charge is 2.10. The van der Waals surface area contributed by atoms with Crippen LogP contribution in [0.5, 0.6) is 0 Å². The molecule has 1 aliphatic rings. The van der Waals surface area contributed by atoms with Crippen LogP contribution in [0.3, 0.4) is 0 Å². The van der Waals surface area contributed by atoms with Crippen LogP contribution in [0.25, 0.3) is 33.2 Å². The van der Waals surface area contributed by atoms with Crippen molar-refractivity contribution in [3.8, 4) is 0 Å². The smallest absolute Gasteiger partial charge is 0.141 e. The van der Waals surface area contributed by atoms with Crippen LogP contribution in [0.2, 0.25) is 5.02 Å². The lowest BCUT2D eigenvalue weighted by molar-refractivity contribution is 0.608. The summed E-state index contributed by atoms with van der Waals surface area (Å²) in [6.07, 6.45) is 3.78. The Balaban J connectivity index is 2.33. The van der Waals surface area contributed by atoms with E-state index in [-0.39, 0.29) is 0 Å². The van der Waals surface area contributed by atoms with Gasteiger partial charge in [-0.2, -0.15) is 0 Å². The molecule has 92 valence electrons. The molecule has 0 bridgehead atoms. The largest absolute Gasteiger partial charge is 0.464 e. The van der Waals surface area contributed by atoms with Gasteiger partial charge < -0.3 is 4.42 Å². The quantitative estimate of drug-likeness (QED) is 0.578. The normalized spacial score (nSPS) is 13.5. The van der Waals surface area contributed by atoms with Gasteiger partial charge in [0.25, 0.3) is 0 Å². The third kappa shape index (κ3) is 1.64. The van der Waals surface area contributed by atoms with Crippen molar-refractivity contribution in [3.63, 3.8) is 0 Å². The van der Waals surface area contributed by atoms with Gasteiger partial charge in [0.1, 0.15) is 5.58 Å². The number of rotatable bonds is 0. The number of hydrogen-bond donors (Lipinski definition) is 0. The molecular formula is C16H9ClOS. The predicted octanol–water partition coefficient (Wildman–Crippen LogP) is 4.98. The highest BCUT2D eigenvalue weighted by Crippen LogP contribution is 2.29. The summed E-state index contributed by atoms with van der Waals surface area (Å²) in [6, 6.07) is 10.1. The summed E-state index contributed by atoms with van der Waals surface area (Å²) in [7, 11) is 0. The monoisotopic (exact) mass is 284 g/mol. The summed E-state index contributed by atoms with van der Waals surface area (Å²) in [5, 5.41) is 9.53. The third-order valence-electron chi connectivity index (χ3n) is 3.37. The average Bonchev–Trinajstić information content (AvgIpc) is 2.77. The van der Waals surface area contributed by atoms with E-state index < -0.39 is 0 Å². The molecule has 0 radical (unpaired) electrons. The number of hydrogen-bond acceptors (Lipinski definition) is 2. The molecule has 1 nitrogen and oxygen atoms in total. The Labute approximate surface area is 119 Å². The van der Waals surface area contributed by atoms with Gasteiger partial charge in [-0.3, -0.25) is 0 Å². The molecule has 0 amide bonds. The standard InChI is InChI=1S/C16H9ClOS/c17-15-4-3-12-13(14-9-19-7-5-11(14)15)8-10-2-1-6-18-16(10)12/h1-9H. The van der Waals surface area contributed by atoms with Crippen molar-refractivity contribution in [3.05, 3.63) is 57.8 Å². The molecule has 0 N–H and O–H groups in total. The Morgan fingerprint density at radius 2 is 2.05 bits per heavy atom. The van der Waals surface area contributed by atoms with Crippen LogP contribution in [0.4, 0.5) is 0 Å². The Hall–Kier alpha value is -1.64. The van der Waals surface area contributed by atoms with E-state index in [0.717, 1.165) is 26.9 Å². The minimum atomic E-state index is 0.767. The molecule has 1 aromatic heterocycles. The maximum absolute atomic E-state index is 6.35. The maximum atomic E-state index is 6.35. The van der Waals surface area contributed by atoms with Gasteiger partial charge in [0.05, 0.1) is 6.26 Å². The van der Waals surface area contributed by atoms with Gasteiger partial charge in [-0.25, -0.2) is 0 Å². The molecule has 0 saturated carbocycles. The zero-order valence-corrected chi connectivity index (χ0v) is 11.5. The fourth-order valence-corrected chi connectivity index (χ4v) is 3.41. The van der Waals surface area contributed by atoms with E-state index in [1.54, 1.807) is 18.0 Å². The zero-order valence-electron chi connectivity index (χ0n) is 9.89. The van der Waals surface area contributed by atoms with Gasteiger partial charge in [-0.15, -0.1) is 11.8 Å². The Kier molecular flexibility index (Phi) is 2.47. The average molecular weight is 285 g/mol. The Morgan fingerprint density at radius 3 is 3.00 bits per heavy atom. The second-order valence-corrected chi connectivity index (χ2v) is 5.62. The van der Waals surface area contributed by atoms with E-state index in [4.69, 9.17) is 16.0 Å². The summed E-state index contributed by atoms with van der Waals surface area (Å²) in [4.78, 5) is 0. The summed E-state index contributed by atoms with van der Waals surface area (Å²) in [5.74, 6) is 0. The van der Waals surface area contributed by atoms with Crippen molar-refractivity contribution in [2.45, 2.75) is 0 Å². The van der Waals surface area contributed by atoms with Crippen LogP contribution in [0.1, 0.15) is 5.56 Å². The summed E-state index contributed by atoms with van der Waals surface area (Å²) >= 11 is 8.03. The minimum Gasteiger partial charge on any atom is -0.464 e. The summed E-state index contributed by atoms with van der Waals surface area (Å²) in [6.45, 7) is 0. The van der Waals surface area contributed by atoms with Crippen molar-refractivity contribution < 1.29 is 4.42 Å². The highest BCUT2D eigenvalue weighted by molar-refractivity contribution is 8.09. The predicted molar refractivity (Wildman–Crippen MR) is 83.9 cm³/mol. The van der Waals surface area contributed by atoms with E-state index in [0.29, 0.717) is 0 Å². The van der Waals surface area contributed by atoms with Gasteiger partial charge in [0, 0.05) is 21.4 Å². The number of thioether (sulfide) groups is 1. The molecule has 2 aromatic carbocycles. The van der Waals surface area contributed by atoms with Crippen molar-refractivity contribution in [1.29, 1.82) is 0 Å². The number of fused-ring (bicyclic) bond motifs is 5. The molecule has 0 fully saturated rings. The van der Waals surface area contributed by atoms with E-state index in [9.17, 15) is 0 Å². The fourth-order valence-electron chi connectivity index (χ4n) is 2.50. The second-order valence-electron chi connectivity index (χ2n) is 4.43. The second kappa shape index (κ2) is 4.19. The zero-order chi connectivity index (χ0) is 12.8. The molecule has 3 heteroatoms. The van der Waals surface area contributed by atoms with E-state index in [1.165, 1.54) is 10.6 Å². The van der Waals surface area contributed by atoms with Gasteiger partial charge >= 0.3 is 0 Å². The topological polar surface area (TPSA) is 13.1 Å². The molecular weight excluding hydrogens is 276 g/mol. The highest BCUT2D eigenvalue weighted by atomic mass is 35.5. The number of halogens is 1. The van der Waals surface area contributed by atoms with Crippen molar-refractivity contribution >= 4 is 56.6 Å². The molecule has 4 rings (SSSR count). The van der Waals surface area contributed by atoms with Crippen molar-refractivity contribution in [2.24, 2.45) is 0 Å². The molecule has 2 heterocycles. The summed E-state index contributed by atoms with van der Waals surface area (Å²) in [5.41, 5.74) is 1.99. The van der Waals surface area contributed by atoms with Crippen LogP contribution in [0.15, 0.2) is 46.4 Å². The molecule has 0 aliphatic carbocycles. The van der Waals surface area contributed by atoms with Crippen molar-refractivity contribution in [2.75, 3.05) is 0 Å². The van der Waals surface area contributed by atoms with Crippen LogP contribution in [0, 0.1) is 0 Å². The molecule has 19 heavy (non-hydrogen) atoms. The lowest BCUT2D eigenvalue weighted by Crippen LogP contribution is -2.04. The lowest BCUT2D eigenvalue weighted by atomic mass is 10.2. The van der Waals surface area contributed by atoms with Crippen LogP contribution in [-0.2, 0) is 0 Å². The maximum Gasteiger partial charge on any atom is 0.141 e. The molecule has 3 aromatic rings. The lowest BCUT2D eigenvalue weighted by Gasteiger charge is -2.00. The Morgan fingerprint density at radius 1 is 1.11 bits per heavy atom. The van der Waals surface area contributed by atoms with E-state index in [2.05, 4.69) is 23.6 Å². The van der Waals surface area contributed by atoms with E-state index in [1.807, 2.05) is 23.6 Å². The molecule has 0 unspecified atom stereocenters. The summed E-state index contributed by atoms with van der Waals surface area (Å²) < 4.78 is 5.66. The SMILES string of the molecule is Clc1ccc2c(cc3cccoc32)c2c1C=CSC=2. The first kappa shape index (κ1) is 11.2. The first-order valence-electron chi connectivity index (χ1n) is 5.95. The van der Waals surface area contributed by atoms with Crippen LogP contribution < -0.4 is 5.22 Å². The van der Waals surface area contributed by atoms with Gasteiger partial charge in [-0.1, -0.05) is 11.6 Å². The third-order valence-corrected chi connectivity index (χ3v) is 4.36. The molecule has 0 saturated heterocycles. The molecule has 0 atom stereocenters.